The van der Waals surface area contributed by atoms with Gasteiger partial charge >= 0.3 is 0 Å². The van der Waals surface area contributed by atoms with Crippen molar-refractivity contribution in [2.24, 2.45) is 0 Å². The summed E-state index contributed by atoms with van der Waals surface area (Å²) in [6, 6.07) is 7.13. The molecule has 1 heterocycles. The van der Waals surface area contributed by atoms with Gasteiger partial charge in [0.1, 0.15) is 17.5 Å². The van der Waals surface area contributed by atoms with E-state index < -0.39 is 0 Å². The van der Waals surface area contributed by atoms with E-state index in [9.17, 15) is 9.59 Å². The number of carbonyl (C=O) groups is 2. The van der Waals surface area contributed by atoms with Gasteiger partial charge in [-0.05, 0) is 30.7 Å². The number of thioether (sulfide) groups is 1. The Labute approximate surface area is 155 Å². The number of carbonyl (C=O) groups excluding carboxylic acids is 2. The fraction of sp³-hybridized carbons (Fsp3) is 0.235. The van der Waals surface area contributed by atoms with E-state index in [-0.39, 0.29) is 28.9 Å². The minimum absolute atomic E-state index is 0.0667. The highest BCUT2D eigenvalue weighted by molar-refractivity contribution is 7.99. The lowest BCUT2D eigenvalue weighted by molar-refractivity contribution is -0.116. The maximum atomic E-state index is 12.1. The molecule has 134 valence electrons. The van der Waals surface area contributed by atoms with Gasteiger partial charge in [0.15, 0.2) is 5.16 Å². The van der Waals surface area contributed by atoms with Crippen LogP contribution in [0.2, 0.25) is 0 Å². The van der Waals surface area contributed by atoms with Crippen molar-refractivity contribution in [3.8, 4) is 6.07 Å². The largest absolute Gasteiger partial charge is 0.382 e. The third kappa shape index (κ3) is 5.19. The SMILES string of the molecule is CCC(=O)Nc1ccc(NC(=O)CSc2ncc(C#N)c(N)n2)cc1C. The molecule has 4 N–H and O–H groups in total. The lowest BCUT2D eigenvalue weighted by Gasteiger charge is -2.10. The second-order valence-electron chi connectivity index (χ2n) is 5.33. The van der Waals surface area contributed by atoms with E-state index in [0.717, 1.165) is 17.3 Å². The predicted molar refractivity (Wildman–Crippen MR) is 101 cm³/mol. The minimum atomic E-state index is -0.230. The maximum absolute atomic E-state index is 12.1. The van der Waals surface area contributed by atoms with Crippen molar-refractivity contribution in [2.75, 3.05) is 22.1 Å². The summed E-state index contributed by atoms with van der Waals surface area (Å²) in [7, 11) is 0. The molecule has 0 unspecified atom stereocenters. The quantitative estimate of drug-likeness (QED) is 0.525. The summed E-state index contributed by atoms with van der Waals surface area (Å²) in [6.45, 7) is 3.63. The van der Waals surface area contributed by atoms with E-state index >= 15 is 0 Å². The molecule has 2 amide bonds. The lowest BCUT2D eigenvalue weighted by Crippen LogP contribution is -2.15. The molecule has 0 aliphatic heterocycles. The molecular formula is C17H18N6O2S. The Bertz CT molecular complexity index is 878. The average molecular weight is 370 g/mol. The summed E-state index contributed by atoms with van der Waals surface area (Å²) < 4.78 is 0. The number of nitrogens with zero attached hydrogens (tertiary/aromatic N) is 3. The van der Waals surface area contributed by atoms with E-state index in [0.29, 0.717) is 23.0 Å². The van der Waals surface area contributed by atoms with Crippen LogP contribution in [0.1, 0.15) is 24.5 Å². The van der Waals surface area contributed by atoms with Gasteiger partial charge in [0, 0.05) is 17.8 Å². The van der Waals surface area contributed by atoms with Gasteiger partial charge < -0.3 is 16.4 Å². The van der Waals surface area contributed by atoms with Crippen LogP contribution in [0, 0.1) is 18.3 Å². The molecule has 0 saturated carbocycles. The van der Waals surface area contributed by atoms with Crippen molar-refractivity contribution in [2.45, 2.75) is 25.4 Å². The van der Waals surface area contributed by atoms with E-state index in [4.69, 9.17) is 11.0 Å². The number of hydrogen-bond donors (Lipinski definition) is 3. The predicted octanol–water partition coefficient (Wildman–Crippen LogP) is 2.32. The zero-order chi connectivity index (χ0) is 19.1. The third-order valence-corrected chi connectivity index (χ3v) is 4.22. The first-order valence-electron chi connectivity index (χ1n) is 7.78. The first kappa shape index (κ1) is 19.2. The number of aryl methyl sites for hydroxylation is 1. The van der Waals surface area contributed by atoms with Crippen molar-refractivity contribution in [1.82, 2.24) is 9.97 Å². The second-order valence-corrected chi connectivity index (χ2v) is 6.27. The topological polar surface area (TPSA) is 134 Å². The number of anilines is 3. The number of nitrogens with two attached hydrogens (primary N) is 1. The summed E-state index contributed by atoms with van der Waals surface area (Å²) in [4.78, 5) is 31.5. The number of nitrogens with one attached hydrogen (secondary N) is 2. The fourth-order valence-corrected chi connectivity index (χ4v) is 2.60. The van der Waals surface area contributed by atoms with Crippen LogP contribution in [0.15, 0.2) is 29.6 Å². The maximum Gasteiger partial charge on any atom is 0.234 e. The molecule has 0 fully saturated rings. The van der Waals surface area contributed by atoms with Crippen molar-refractivity contribution >= 4 is 40.8 Å². The smallest absolute Gasteiger partial charge is 0.234 e. The van der Waals surface area contributed by atoms with Crippen LogP contribution >= 0.6 is 11.8 Å². The van der Waals surface area contributed by atoms with E-state index in [1.165, 1.54) is 6.20 Å². The highest BCUT2D eigenvalue weighted by Crippen LogP contribution is 2.21. The van der Waals surface area contributed by atoms with Crippen LogP contribution in [-0.2, 0) is 9.59 Å². The Morgan fingerprint density at radius 2 is 2.08 bits per heavy atom. The van der Waals surface area contributed by atoms with Gasteiger partial charge in [-0.25, -0.2) is 9.97 Å². The van der Waals surface area contributed by atoms with E-state index in [1.54, 1.807) is 25.1 Å². The molecule has 0 bridgehead atoms. The zero-order valence-corrected chi connectivity index (χ0v) is 15.2. The van der Waals surface area contributed by atoms with Crippen LogP contribution in [0.4, 0.5) is 17.2 Å². The van der Waals surface area contributed by atoms with Crippen molar-refractivity contribution < 1.29 is 9.59 Å². The van der Waals surface area contributed by atoms with Gasteiger partial charge in [-0.15, -0.1) is 0 Å². The van der Waals surface area contributed by atoms with Gasteiger partial charge in [-0.3, -0.25) is 9.59 Å². The van der Waals surface area contributed by atoms with Gasteiger partial charge in [-0.1, -0.05) is 18.7 Å². The van der Waals surface area contributed by atoms with E-state index in [1.807, 2.05) is 13.0 Å². The summed E-state index contributed by atoms with van der Waals surface area (Å²) in [5.74, 6) is -0.112. The molecule has 0 saturated heterocycles. The Morgan fingerprint density at radius 1 is 1.31 bits per heavy atom. The molecule has 2 rings (SSSR count). The molecule has 0 aliphatic rings. The van der Waals surface area contributed by atoms with Crippen LogP contribution in [-0.4, -0.2) is 27.5 Å². The van der Waals surface area contributed by atoms with Crippen LogP contribution in [0.5, 0.6) is 0 Å². The first-order valence-corrected chi connectivity index (χ1v) is 8.77. The number of hydrogen-bond acceptors (Lipinski definition) is 7. The van der Waals surface area contributed by atoms with E-state index in [2.05, 4.69) is 20.6 Å². The number of aromatic nitrogens is 2. The van der Waals surface area contributed by atoms with Gasteiger partial charge in [0.2, 0.25) is 11.8 Å². The van der Waals surface area contributed by atoms with Crippen molar-refractivity contribution in [3.63, 3.8) is 0 Å². The standard InChI is InChI=1S/C17H18N6O2S/c1-3-14(24)22-13-5-4-12(6-10(13)2)21-15(25)9-26-17-20-8-11(7-18)16(19)23-17/h4-6,8H,3,9H2,1-2H3,(H,21,25)(H,22,24)(H2,19,20,23). The molecular weight excluding hydrogens is 352 g/mol. The highest BCUT2D eigenvalue weighted by Gasteiger charge is 2.09. The van der Waals surface area contributed by atoms with Crippen LogP contribution in [0.25, 0.3) is 0 Å². The zero-order valence-electron chi connectivity index (χ0n) is 14.4. The fourth-order valence-electron chi connectivity index (χ4n) is 1.98. The third-order valence-electron chi connectivity index (χ3n) is 3.35. The molecule has 0 spiro atoms. The minimum Gasteiger partial charge on any atom is -0.382 e. The first-order chi connectivity index (χ1) is 12.4. The Hall–Kier alpha value is -3.12. The molecule has 8 nitrogen and oxygen atoms in total. The average Bonchev–Trinajstić information content (AvgIpc) is 2.62. The number of benzene rings is 1. The van der Waals surface area contributed by atoms with Crippen molar-refractivity contribution in [3.05, 3.63) is 35.5 Å². The monoisotopic (exact) mass is 370 g/mol. The van der Waals surface area contributed by atoms with Gasteiger partial charge in [-0.2, -0.15) is 5.26 Å². The number of nitrogen functional groups attached to an aromatic ring is 1. The van der Waals surface area contributed by atoms with Crippen molar-refractivity contribution in [1.29, 1.82) is 5.26 Å². The van der Waals surface area contributed by atoms with Crippen LogP contribution in [0.3, 0.4) is 0 Å². The Balaban J connectivity index is 1.93. The summed E-state index contributed by atoms with van der Waals surface area (Å²) in [6.07, 6.45) is 1.73. The molecule has 0 radical (unpaired) electrons. The molecule has 1 aromatic heterocycles. The molecule has 0 atom stereocenters. The number of rotatable bonds is 6. The van der Waals surface area contributed by atoms with Crippen LogP contribution < -0.4 is 16.4 Å². The highest BCUT2D eigenvalue weighted by atomic mass is 32.2. The van der Waals surface area contributed by atoms with Gasteiger partial charge in [0.25, 0.3) is 0 Å². The molecule has 2 aromatic rings. The number of nitriles is 1. The molecule has 1 aromatic carbocycles. The molecule has 0 aliphatic carbocycles. The second kappa shape index (κ2) is 8.82. The number of amides is 2. The Morgan fingerprint density at radius 3 is 2.69 bits per heavy atom. The lowest BCUT2D eigenvalue weighted by atomic mass is 10.1. The Kier molecular flexibility index (Phi) is 6.52. The summed E-state index contributed by atoms with van der Waals surface area (Å²) in [5.41, 5.74) is 8.01. The summed E-state index contributed by atoms with van der Waals surface area (Å²) >= 11 is 1.12. The summed E-state index contributed by atoms with van der Waals surface area (Å²) in [5, 5.41) is 14.7. The van der Waals surface area contributed by atoms with Gasteiger partial charge in [0.05, 0.1) is 11.9 Å². The molecule has 26 heavy (non-hydrogen) atoms. The normalized spacial score (nSPS) is 10.0. The molecule has 9 heteroatoms.